The number of hydrogen-bond acceptors (Lipinski definition) is 1. The lowest BCUT2D eigenvalue weighted by molar-refractivity contribution is 0.165. The SMILES string of the molecule is CCN(CC)C(=O)N(C)Cc1ccc(F)cc1. The summed E-state index contributed by atoms with van der Waals surface area (Å²) >= 11 is 0. The van der Waals surface area contributed by atoms with Crippen LogP contribution in [-0.4, -0.2) is 36.0 Å². The third-order valence-electron chi connectivity index (χ3n) is 2.69. The normalized spacial score (nSPS) is 10.1. The molecule has 0 aliphatic rings. The summed E-state index contributed by atoms with van der Waals surface area (Å²) in [4.78, 5) is 15.3. The van der Waals surface area contributed by atoms with Crippen LogP contribution in [0.3, 0.4) is 0 Å². The molecule has 0 fully saturated rings. The molecular formula is C13H19FN2O. The molecule has 0 spiro atoms. The van der Waals surface area contributed by atoms with Gasteiger partial charge in [-0.3, -0.25) is 0 Å². The Balaban J connectivity index is 2.62. The maximum atomic E-state index is 12.7. The number of halogens is 1. The second-order valence-electron chi connectivity index (χ2n) is 3.94. The summed E-state index contributed by atoms with van der Waals surface area (Å²) in [5.41, 5.74) is 0.925. The van der Waals surface area contributed by atoms with Crippen molar-refractivity contribution in [1.82, 2.24) is 9.80 Å². The fourth-order valence-corrected chi connectivity index (χ4v) is 1.67. The van der Waals surface area contributed by atoms with Crippen molar-refractivity contribution in [2.75, 3.05) is 20.1 Å². The first-order valence-electron chi connectivity index (χ1n) is 5.83. The van der Waals surface area contributed by atoms with E-state index in [1.165, 1.54) is 12.1 Å². The lowest BCUT2D eigenvalue weighted by Crippen LogP contribution is -2.40. The Bertz CT molecular complexity index is 360. The first kappa shape index (κ1) is 13.5. The van der Waals surface area contributed by atoms with E-state index in [0.29, 0.717) is 19.6 Å². The summed E-state index contributed by atoms with van der Waals surface area (Å²) in [5.74, 6) is -0.258. The molecule has 0 atom stereocenters. The van der Waals surface area contributed by atoms with E-state index in [1.54, 1.807) is 29.0 Å². The van der Waals surface area contributed by atoms with E-state index >= 15 is 0 Å². The largest absolute Gasteiger partial charge is 0.325 e. The first-order chi connectivity index (χ1) is 8.08. The average molecular weight is 238 g/mol. The number of carbonyl (C=O) groups is 1. The van der Waals surface area contributed by atoms with Crippen LogP contribution in [0.2, 0.25) is 0 Å². The summed E-state index contributed by atoms with van der Waals surface area (Å²) < 4.78 is 12.7. The number of amides is 2. The smallest absolute Gasteiger partial charge is 0.320 e. The van der Waals surface area contributed by atoms with Crippen LogP contribution in [-0.2, 0) is 6.54 Å². The van der Waals surface area contributed by atoms with Gasteiger partial charge in [-0.25, -0.2) is 9.18 Å². The second-order valence-corrected chi connectivity index (χ2v) is 3.94. The summed E-state index contributed by atoms with van der Waals surface area (Å²) in [6, 6.07) is 6.21. The number of hydrogen-bond donors (Lipinski definition) is 0. The topological polar surface area (TPSA) is 23.6 Å². The summed E-state index contributed by atoms with van der Waals surface area (Å²) in [5, 5.41) is 0. The average Bonchev–Trinajstić information content (AvgIpc) is 2.33. The molecule has 0 N–H and O–H groups in total. The number of rotatable bonds is 4. The molecule has 0 heterocycles. The summed E-state index contributed by atoms with van der Waals surface area (Å²) in [7, 11) is 1.75. The molecule has 0 radical (unpaired) electrons. The van der Waals surface area contributed by atoms with Gasteiger partial charge in [-0.15, -0.1) is 0 Å². The van der Waals surface area contributed by atoms with Crippen LogP contribution < -0.4 is 0 Å². The van der Waals surface area contributed by atoms with Gasteiger partial charge in [0.1, 0.15) is 5.82 Å². The molecule has 0 bridgehead atoms. The molecule has 1 rings (SSSR count). The molecule has 1 aromatic carbocycles. The first-order valence-corrected chi connectivity index (χ1v) is 5.83. The quantitative estimate of drug-likeness (QED) is 0.791. The Morgan fingerprint density at radius 1 is 1.18 bits per heavy atom. The highest BCUT2D eigenvalue weighted by atomic mass is 19.1. The minimum absolute atomic E-state index is 0.000625. The monoisotopic (exact) mass is 238 g/mol. The van der Waals surface area contributed by atoms with Crippen molar-refractivity contribution in [1.29, 1.82) is 0 Å². The molecule has 4 heteroatoms. The maximum absolute atomic E-state index is 12.7. The van der Waals surface area contributed by atoms with E-state index in [2.05, 4.69) is 0 Å². The molecule has 3 nitrogen and oxygen atoms in total. The van der Waals surface area contributed by atoms with E-state index in [9.17, 15) is 9.18 Å². The van der Waals surface area contributed by atoms with Crippen LogP contribution in [0.15, 0.2) is 24.3 Å². The van der Waals surface area contributed by atoms with Gasteiger partial charge in [-0.2, -0.15) is 0 Å². The van der Waals surface area contributed by atoms with E-state index in [-0.39, 0.29) is 11.8 Å². The number of carbonyl (C=O) groups excluding carboxylic acids is 1. The highest BCUT2D eigenvalue weighted by molar-refractivity contribution is 5.74. The van der Waals surface area contributed by atoms with E-state index in [0.717, 1.165) is 5.56 Å². The van der Waals surface area contributed by atoms with Crippen molar-refractivity contribution >= 4 is 6.03 Å². The molecule has 0 saturated heterocycles. The van der Waals surface area contributed by atoms with Crippen molar-refractivity contribution in [3.05, 3.63) is 35.6 Å². The lowest BCUT2D eigenvalue weighted by Gasteiger charge is -2.26. The molecule has 0 aliphatic heterocycles. The molecule has 0 aliphatic carbocycles. The summed E-state index contributed by atoms with van der Waals surface area (Å²) in [6.45, 7) is 5.79. The molecule has 17 heavy (non-hydrogen) atoms. The molecular weight excluding hydrogens is 219 g/mol. The van der Waals surface area contributed by atoms with Gasteiger partial charge in [-0.05, 0) is 31.5 Å². The highest BCUT2D eigenvalue weighted by Crippen LogP contribution is 2.07. The molecule has 2 amide bonds. The van der Waals surface area contributed by atoms with Gasteiger partial charge in [0.15, 0.2) is 0 Å². The van der Waals surface area contributed by atoms with Crippen LogP contribution in [0.25, 0.3) is 0 Å². The van der Waals surface area contributed by atoms with Crippen LogP contribution >= 0.6 is 0 Å². The zero-order chi connectivity index (χ0) is 12.8. The van der Waals surface area contributed by atoms with Gasteiger partial charge in [0, 0.05) is 26.7 Å². The minimum atomic E-state index is -0.258. The van der Waals surface area contributed by atoms with E-state index < -0.39 is 0 Å². The van der Waals surface area contributed by atoms with Gasteiger partial charge in [0.05, 0.1) is 0 Å². The van der Waals surface area contributed by atoms with Gasteiger partial charge >= 0.3 is 6.03 Å². The lowest BCUT2D eigenvalue weighted by atomic mass is 10.2. The Morgan fingerprint density at radius 3 is 2.18 bits per heavy atom. The molecule has 1 aromatic rings. The maximum Gasteiger partial charge on any atom is 0.320 e. The Labute approximate surface area is 102 Å². The Hall–Kier alpha value is -1.58. The Kier molecular flexibility index (Phi) is 4.94. The molecule has 0 aromatic heterocycles. The zero-order valence-electron chi connectivity index (χ0n) is 10.6. The summed E-state index contributed by atoms with van der Waals surface area (Å²) in [6.07, 6.45) is 0. The van der Waals surface area contributed by atoms with Gasteiger partial charge in [0.25, 0.3) is 0 Å². The van der Waals surface area contributed by atoms with Crippen molar-refractivity contribution in [3.63, 3.8) is 0 Å². The Morgan fingerprint density at radius 2 is 1.71 bits per heavy atom. The van der Waals surface area contributed by atoms with Gasteiger partial charge < -0.3 is 9.80 Å². The van der Waals surface area contributed by atoms with Crippen LogP contribution in [0, 0.1) is 5.82 Å². The zero-order valence-corrected chi connectivity index (χ0v) is 10.6. The van der Waals surface area contributed by atoms with Crippen LogP contribution in [0.5, 0.6) is 0 Å². The second kappa shape index (κ2) is 6.23. The van der Waals surface area contributed by atoms with Crippen LogP contribution in [0.4, 0.5) is 9.18 Å². The van der Waals surface area contributed by atoms with E-state index in [1.807, 2.05) is 13.8 Å². The van der Waals surface area contributed by atoms with E-state index in [4.69, 9.17) is 0 Å². The van der Waals surface area contributed by atoms with Crippen molar-refractivity contribution < 1.29 is 9.18 Å². The third kappa shape index (κ3) is 3.73. The van der Waals surface area contributed by atoms with Crippen LogP contribution in [0.1, 0.15) is 19.4 Å². The van der Waals surface area contributed by atoms with Gasteiger partial charge in [-0.1, -0.05) is 12.1 Å². The minimum Gasteiger partial charge on any atom is -0.325 e. The molecule has 0 unspecified atom stereocenters. The predicted octanol–water partition coefficient (Wildman–Crippen LogP) is 2.72. The number of benzene rings is 1. The number of nitrogens with zero attached hydrogens (tertiary/aromatic N) is 2. The third-order valence-corrected chi connectivity index (χ3v) is 2.69. The van der Waals surface area contributed by atoms with Crippen molar-refractivity contribution in [2.24, 2.45) is 0 Å². The molecule has 94 valence electrons. The fourth-order valence-electron chi connectivity index (χ4n) is 1.67. The standard InChI is InChI=1S/C13H19FN2O/c1-4-16(5-2)13(17)15(3)10-11-6-8-12(14)9-7-11/h6-9H,4-5,10H2,1-3H3. The predicted molar refractivity (Wildman–Crippen MR) is 66.2 cm³/mol. The number of urea groups is 1. The molecule has 0 saturated carbocycles. The van der Waals surface area contributed by atoms with Crippen molar-refractivity contribution in [3.8, 4) is 0 Å². The fraction of sp³-hybridized carbons (Fsp3) is 0.462. The highest BCUT2D eigenvalue weighted by Gasteiger charge is 2.14. The van der Waals surface area contributed by atoms with Gasteiger partial charge in [0.2, 0.25) is 0 Å². The van der Waals surface area contributed by atoms with Crippen molar-refractivity contribution in [2.45, 2.75) is 20.4 Å².